The van der Waals surface area contributed by atoms with Crippen LogP contribution in [0.25, 0.3) is 0 Å². The molecule has 0 aliphatic heterocycles. The Morgan fingerprint density at radius 3 is 2.56 bits per heavy atom. The van der Waals surface area contributed by atoms with Crippen molar-refractivity contribution < 1.29 is 19.4 Å². The fraction of sp³-hybridized carbons (Fsp3) is 0.857. The molecule has 2 unspecified atom stereocenters. The van der Waals surface area contributed by atoms with Crippen LogP contribution < -0.4 is 0 Å². The summed E-state index contributed by atoms with van der Waals surface area (Å²) in [7, 11) is 0. The number of ether oxygens (including phenoxy) is 1. The summed E-state index contributed by atoms with van der Waals surface area (Å²) in [5.41, 5.74) is -0.345. The Kier molecular flexibility index (Phi) is 5.63. The van der Waals surface area contributed by atoms with Gasteiger partial charge in [-0.25, -0.2) is 0 Å². The van der Waals surface area contributed by atoms with Crippen LogP contribution in [0.1, 0.15) is 65.2 Å². The van der Waals surface area contributed by atoms with Crippen LogP contribution >= 0.6 is 0 Å². The Morgan fingerprint density at radius 2 is 2.00 bits per heavy atom. The number of hydrogen-bond donors (Lipinski definition) is 1. The molecule has 0 spiro atoms. The number of esters is 1. The molecule has 1 fully saturated rings. The third-order valence-corrected chi connectivity index (χ3v) is 4.10. The lowest BCUT2D eigenvalue weighted by Gasteiger charge is -2.42. The van der Waals surface area contributed by atoms with E-state index in [-0.39, 0.29) is 24.4 Å². The second kappa shape index (κ2) is 6.76. The predicted molar refractivity (Wildman–Crippen MR) is 68.2 cm³/mol. The molecule has 1 saturated carbocycles. The van der Waals surface area contributed by atoms with Gasteiger partial charge >= 0.3 is 11.9 Å². The molecule has 0 heterocycles. The maximum atomic E-state index is 11.8. The first kappa shape index (κ1) is 15.0. The van der Waals surface area contributed by atoms with E-state index in [4.69, 9.17) is 9.84 Å². The van der Waals surface area contributed by atoms with Gasteiger partial charge in [0.2, 0.25) is 0 Å². The second-order valence-corrected chi connectivity index (χ2v) is 5.14. The van der Waals surface area contributed by atoms with E-state index >= 15 is 0 Å². The average Bonchev–Trinajstić information content (AvgIpc) is 2.36. The molecule has 4 heteroatoms. The number of carboxylic acid groups (broad SMARTS) is 1. The minimum atomic E-state index is -0.951. The van der Waals surface area contributed by atoms with Gasteiger partial charge in [0, 0.05) is 0 Å². The fourth-order valence-electron chi connectivity index (χ4n) is 3.02. The Morgan fingerprint density at radius 1 is 1.28 bits per heavy atom. The lowest BCUT2D eigenvalue weighted by atomic mass is 9.72. The minimum absolute atomic E-state index is 0.0203. The number of carboxylic acids is 1. The van der Waals surface area contributed by atoms with Crippen LogP contribution in [0.3, 0.4) is 0 Å². The fourth-order valence-corrected chi connectivity index (χ4v) is 3.02. The summed E-state index contributed by atoms with van der Waals surface area (Å²) in [4.78, 5) is 22.2. The van der Waals surface area contributed by atoms with Gasteiger partial charge in [-0.05, 0) is 38.0 Å². The number of carbonyl (C=O) groups excluding carboxylic acids is 1. The number of hydrogen-bond acceptors (Lipinski definition) is 3. The smallest absolute Gasteiger partial charge is 0.306 e. The van der Waals surface area contributed by atoms with Gasteiger partial charge in [0.1, 0.15) is 5.60 Å². The normalized spacial score (nSPS) is 27.8. The van der Waals surface area contributed by atoms with Gasteiger partial charge in [-0.1, -0.05) is 20.3 Å². The Labute approximate surface area is 109 Å². The van der Waals surface area contributed by atoms with Crippen molar-refractivity contribution in [1.29, 1.82) is 0 Å². The molecule has 1 rings (SSSR count). The molecule has 104 valence electrons. The van der Waals surface area contributed by atoms with Gasteiger partial charge in [-0.2, -0.15) is 0 Å². The molecule has 1 aliphatic rings. The van der Waals surface area contributed by atoms with Crippen molar-refractivity contribution in [3.05, 3.63) is 0 Å². The van der Waals surface area contributed by atoms with E-state index in [1.54, 1.807) is 0 Å². The zero-order valence-electron chi connectivity index (χ0n) is 11.4. The van der Waals surface area contributed by atoms with Crippen molar-refractivity contribution in [3.63, 3.8) is 0 Å². The lowest BCUT2D eigenvalue weighted by Crippen LogP contribution is -2.44. The number of carbonyl (C=O) groups is 2. The largest absolute Gasteiger partial charge is 0.481 e. The SMILES string of the molecule is CCC1CCCCC1(CC)OC(=O)CCC(=O)O. The molecule has 2 atom stereocenters. The molecule has 0 amide bonds. The Bertz CT molecular complexity index is 300. The molecule has 4 nitrogen and oxygen atoms in total. The standard InChI is InChI=1S/C14H24O4/c1-3-11-7-5-6-10-14(11,4-2)18-13(17)9-8-12(15)16/h11H,3-10H2,1-2H3,(H,15,16). The van der Waals surface area contributed by atoms with Crippen LogP contribution in [0.2, 0.25) is 0 Å². The number of aliphatic carboxylic acids is 1. The molecule has 0 aromatic rings. The molecular formula is C14H24O4. The molecule has 0 saturated heterocycles. The zero-order valence-corrected chi connectivity index (χ0v) is 11.4. The Balaban J connectivity index is 2.62. The van der Waals surface area contributed by atoms with Crippen LogP contribution in [-0.2, 0) is 14.3 Å². The van der Waals surface area contributed by atoms with Crippen molar-refractivity contribution in [1.82, 2.24) is 0 Å². The summed E-state index contributed by atoms with van der Waals surface area (Å²) in [6.45, 7) is 4.18. The molecular weight excluding hydrogens is 232 g/mol. The quantitative estimate of drug-likeness (QED) is 0.741. The van der Waals surface area contributed by atoms with Crippen LogP contribution in [0.5, 0.6) is 0 Å². The van der Waals surface area contributed by atoms with E-state index in [1.165, 1.54) is 6.42 Å². The first-order valence-electron chi connectivity index (χ1n) is 6.97. The highest BCUT2D eigenvalue weighted by atomic mass is 16.6. The van der Waals surface area contributed by atoms with Crippen molar-refractivity contribution in [2.75, 3.05) is 0 Å². The summed E-state index contributed by atoms with van der Waals surface area (Å²) >= 11 is 0. The molecule has 1 N–H and O–H groups in total. The van der Waals surface area contributed by atoms with Gasteiger partial charge in [0.05, 0.1) is 12.8 Å². The van der Waals surface area contributed by atoms with E-state index in [2.05, 4.69) is 13.8 Å². The summed E-state index contributed by atoms with van der Waals surface area (Å²) < 4.78 is 5.68. The second-order valence-electron chi connectivity index (χ2n) is 5.14. The summed E-state index contributed by atoms with van der Waals surface area (Å²) in [5.74, 6) is -0.891. The topological polar surface area (TPSA) is 63.6 Å². The molecule has 18 heavy (non-hydrogen) atoms. The summed E-state index contributed by atoms with van der Waals surface area (Å²) in [6.07, 6.45) is 5.99. The number of rotatable bonds is 6. The van der Waals surface area contributed by atoms with E-state index in [0.717, 1.165) is 32.1 Å². The third kappa shape index (κ3) is 3.72. The molecule has 0 radical (unpaired) electrons. The van der Waals surface area contributed by atoms with Gasteiger partial charge in [-0.15, -0.1) is 0 Å². The third-order valence-electron chi connectivity index (χ3n) is 4.10. The van der Waals surface area contributed by atoms with E-state index in [0.29, 0.717) is 5.92 Å². The first-order valence-corrected chi connectivity index (χ1v) is 6.97. The van der Waals surface area contributed by atoms with E-state index in [1.807, 2.05) is 0 Å². The maximum Gasteiger partial charge on any atom is 0.306 e. The van der Waals surface area contributed by atoms with Gasteiger partial charge in [0.25, 0.3) is 0 Å². The van der Waals surface area contributed by atoms with Gasteiger partial charge in [0.15, 0.2) is 0 Å². The van der Waals surface area contributed by atoms with Gasteiger partial charge in [-0.3, -0.25) is 9.59 Å². The monoisotopic (exact) mass is 256 g/mol. The first-order chi connectivity index (χ1) is 8.54. The summed E-state index contributed by atoms with van der Waals surface area (Å²) in [5, 5.41) is 8.58. The van der Waals surface area contributed by atoms with Crippen molar-refractivity contribution >= 4 is 11.9 Å². The Hall–Kier alpha value is -1.06. The van der Waals surface area contributed by atoms with Crippen molar-refractivity contribution in [2.45, 2.75) is 70.8 Å². The predicted octanol–water partition coefficient (Wildman–Crippen LogP) is 3.14. The van der Waals surface area contributed by atoms with Crippen LogP contribution in [-0.4, -0.2) is 22.6 Å². The molecule has 0 aromatic carbocycles. The van der Waals surface area contributed by atoms with Crippen molar-refractivity contribution in [3.8, 4) is 0 Å². The highest BCUT2D eigenvalue weighted by molar-refractivity contribution is 5.76. The molecule has 0 aromatic heterocycles. The van der Waals surface area contributed by atoms with Gasteiger partial charge < -0.3 is 9.84 Å². The average molecular weight is 256 g/mol. The zero-order chi connectivity index (χ0) is 13.6. The highest BCUT2D eigenvalue weighted by Gasteiger charge is 2.41. The van der Waals surface area contributed by atoms with Crippen LogP contribution in [0, 0.1) is 5.92 Å². The maximum absolute atomic E-state index is 11.8. The minimum Gasteiger partial charge on any atom is -0.481 e. The van der Waals surface area contributed by atoms with Crippen LogP contribution in [0.15, 0.2) is 0 Å². The highest BCUT2D eigenvalue weighted by Crippen LogP contribution is 2.41. The van der Waals surface area contributed by atoms with Crippen LogP contribution in [0.4, 0.5) is 0 Å². The summed E-state index contributed by atoms with van der Waals surface area (Å²) in [6, 6.07) is 0. The molecule has 1 aliphatic carbocycles. The van der Waals surface area contributed by atoms with Crippen molar-refractivity contribution in [2.24, 2.45) is 5.92 Å². The molecule has 0 bridgehead atoms. The van der Waals surface area contributed by atoms with E-state index in [9.17, 15) is 9.59 Å². The van der Waals surface area contributed by atoms with E-state index < -0.39 is 5.97 Å². The lowest BCUT2D eigenvalue weighted by molar-refractivity contribution is -0.173.